The van der Waals surface area contributed by atoms with Gasteiger partial charge in [0.25, 0.3) is 0 Å². The van der Waals surface area contributed by atoms with E-state index in [1.807, 2.05) is 6.07 Å². The van der Waals surface area contributed by atoms with Crippen molar-refractivity contribution in [2.75, 3.05) is 25.1 Å². The molecule has 0 aromatic heterocycles. The average Bonchev–Trinajstić information content (AvgIpc) is 2.81. The fourth-order valence-corrected chi connectivity index (χ4v) is 3.90. The summed E-state index contributed by atoms with van der Waals surface area (Å²) in [6.07, 6.45) is 5.96. The molecule has 0 saturated carbocycles. The zero-order valence-electron chi connectivity index (χ0n) is 20.4. The molecule has 8 heteroatoms. The van der Waals surface area contributed by atoms with E-state index in [4.69, 9.17) is 37.4 Å². The number of rotatable bonds is 14. The van der Waals surface area contributed by atoms with E-state index >= 15 is 0 Å². The Morgan fingerprint density at radius 2 is 1.80 bits per heavy atom. The van der Waals surface area contributed by atoms with E-state index in [-0.39, 0.29) is 18.3 Å². The number of para-hydroxylation sites is 2. The summed E-state index contributed by atoms with van der Waals surface area (Å²) in [6, 6.07) is 10.5. The van der Waals surface area contributed by atoms with Gasteiger partial charge in [-0.25, -0.2) is 0 Å². The molecule has 1 atom stereocenters. The number of nitrogens with one attached hydrogen (secondary N) is 1. The van der Waals surface area contributed by atoms with Gasteiger partial charge >= 0.3 is 5.97 Å². The second-order valence-electron chi connectivity index (χ2n) is 8.09. The van der Waals surface area contributed by atoms with Crippen molar-refractivity contribution in [3.8, 4) is 11.5 Å². The number of amides is 1. The number of hydrogen-bond donors (Lipinski definition) is 1. The number of halogens is 2. The van der Waals surface area contributed by atoms with Crippen LogP contribution >= 0.6 is 23.2 Å². The van der Waals surface area contributed by atoms with Crippen LogP contribution in [0.15, 0.2) is 42.5 Å². The van der Waals surface area contributed by atoms with E-state index in [0.29, 0.717) is 65.0 Å². The Morgan fingerprint density at radius 3 is 2.49 bits per heavy atom. The summed E-state index contributed by atoms with van der Waals surface area (Å²) < 4.78 is 16.4. The molecule has 0 spiro atoms. The molecule has 2 rings (SSSR count). The molecular formula is C27H33Cl2NO5. The lowest BCUT2D eigenvalue weighted by molar-refractivity contribution is -0.143. The van der Waals surface area contributed by atoms with Gasteiger partial charge < -0.3 is 19.5 Å². The number of carbonyl (C=O) groups is 2. The van der Waals surface area contributed by atoms with E-state index in [0.717, 1.165) is 12.8 Å². The molecule has 190 valence electrons. The standard InChI is InChI=1S/C27H33Cl2NO5/c1-4-9-19(3)18-35-27-21(28)16-20(17-22(27)29)13-14-25(31)30-23-10-6-7-11-24(23)34-15-8-12-26(32)33-5-2/h6-7,10-11,13-14,16-17,19H,4-5,8-9,12,15,18H2,1-3H3,(H,30,31). The monoisotopic (exact) mass is 521 g/mol. The molecule has 0 aliphatic heterocycles. The van der Waals surface area contributed by atoms with Crippen molar-refractivity contribution >= 4 is 46.8 Å². The van der Waals surface area contributed by atoms with Gasteiger partial charge in [-0.2, -0.15) is 0 Å². The van der Waals surface area contributed by atoms with Gasteiger partial charge in [0.2, 0.25) is 5.91 Å². The zero-order chi connectivity index (χ0) is 25.6. The molecule has 35 heavy (non-hydrogen) atoms. The quantitative estimate of drug-likeness (QED) is 0.162. The molecule has 0 aliphatic rings. The predicted octanol–water partition coefficient (Wildman–Crippen LogP) is 7.18. The molecule has 1 amide bonds. The lowest BCUT2D eigenvalue weighted by Crippen LogP contribution is -2.10. The van der Waals surface area contributed by atoms with Crippen molar-refractivity contribution in [1.82, 2.24) is 0 Å². The Balaban J connectivity index is 1.95. The van der Waals surface area contributed by atoms with Crippen LogP contribution in [0.5, 0.6) is 11.5 Å². The summed E-state index contributed by atoms with van der Waals surface area (Å²) in [7, 11) is 0. The van der Waals surface area contributed by atoms with Crippen molar-refractivity contribution in [2.24, 2.45) is 5.92 Å². The van der Waals surface area contributed by atoms with E-state index in [2.05, 4.69) is 19.2 Å². The van der Waals surface area contributed by atoms with Gasteiger partial charge in [0, 0.05) is 12.5 Å². The van der Waals surface area contributed by atoms with Gasteiger partial charge in [-0.05, 0) is 61.6 Å². The van der Waals surface area contributed by atoms with Crippen molar-refractivity contribution in [3.63, 3.8) is 0 Å². The summed E-state index contributed by atoms with van der Waals surface area (Å²) >= 11 is 12.7. The smallest absolute Gasteiger partial charge is 0.305 e. The molecule has 0 bridgehead atoms. The van der Waals surface area contributed by atoms with Crippen LogP contribution in [-0.4, -0.2) is 31.7 Å². The first-order valence-corrected chi connectivity index (χ1v) is 12.6. The van der Waals surface area contributed by atoms with E-state index in [1.165, 1.54) is 6.08 Å². The highest BCUT2D eigenvalue weighted by Crippen LogP contribution is 2.35. The highest BCUT2D eigenvalue weighted by molar-refractivity contribution is 6.37. The Labute approximate surface area is 217 Å². The Bertz CT molecular complexity index is 986. The molecule has 6 nitrogen and oxygen atoms in total. The topological polar surface area (TPSA) is 73.9 Å². The summed E-state index contributed by atoms with van der Waals surface area (Å²) in [5.74, 6) is 0.775. The van der Waals surface area contributed by atoms with Gasteiger partial charge in [0.1, 0.15) is 5.75 Å². The lowest BCUT2D eigenvalue weighted by Gasteiger charge is -2.15. The molecule has 0 heterocycles. The van der Waals surface area contributed by atoms with Crippen molar-refractivity contribution in [2.45, 2.75) is 46.5 Å². The van der Waals surface area contributed by atoms with Crippen LogP contribution in [0.3, 0.4) is 0 Å². The number of ether oxygens (including phenoxy) is 3. The largest absolute Gasteiger partial charge is 0.491 e. The Hall–Kier alpha value is -2.70. The fourth-order valence-electron chi connectivity index (χ4n) is 3.29. The molecule has 0 radical (unpaired) electrons. The SMILES string of the molecule is CCCC(C)COc1c(Cl)cc(C=CC(=O)Nc2ccccc2OCCCC(=O)OCC)cc1Cl. The average molecular weight is 522 g/mol. The normalized spacial score (nSPS) is 11.8. The number of hydrogen-bond acceptors (Lipinski definition) is 5. The minimum Gasteiger partial charge on any atom is -0.491 e. The highest BCUT2D eigenvalue weighted by Gasteiger charge is 2.12. The molecule has 1 unspecified atom stereocenters. The van der Waals surface area contributed by atoms with Crippen LogP contribution < -0.4 is 14.8 Å². The maximum Gasteiger partial charge on any atom is 0.305 e. The number of anilines is 1. The van der Waals surface area contributed by atoms with Crippen LogP contribution in [-0.2, 0) is 14.3 Å². The molecular weight excluding hydrogens is 489 g/mol. The Kier molecular flexibility index (Phi) is 12.5. The number of esters is 1. The molecule has 2 aromatic rings. The van der Waals surface area contributed by atoms with Crippen LogP contribution in [0, 0.1) is 5.92 Å². The third-order valence-corrected chi connectivity index (χ3v) is 5.54. The van der Waals surface area contributed by atoms with Crippen LogP contribution in [0.4, 0.5) is 5.69 Å². The summed E-state index contributed by atoms with van der Waals surface area (Å²) in [4.78, 5) is 23.9. The third-order valence-electron chi connectivity index (χ3n) is 4.97. The van der Waals surface area contributed by atoms with Gasteiger partial charge in [-0.15, -0.1) is 0 Å². The highest BCUT2D eigenvalue weighted by atomic mass is 35.5. The van der Waals surface area contributed by atoms with E-state index in [1.54, 1.807) is 43.3 Å². The maximum atomic E-state index is 12.5. The fraction of sp³-hybridized carbons (Fsp3) is 0.407. The second kappa shape index (κ2) is 15.3. The molecule has 0 fully saturated rings. The lowest BCUT2D eigenvalue weighted by atomic mass is 10.1. The molecule has 0 aliphatic carbocycles. The first-order chi connectivity index (χ1) is 16.8. The molecule has 0 saturated heterocycles. The van der Waals surface area contributed by atoms with E-state index < -0.39 is 0 Å². The number of carbonyl (C=O) groups excluding carboxylic acids is 2. The van der Waals surface area contributed by atoms with Crippen LogP contribution in [0.1, 0.15) is 52.0 Å². The molecule has 1 N–H and O–H groups in total. The summed E-state index contributed by atoms with van der Waals surface area (Å²) in [5, 5.41) is 3.59. The minimum atomic E-state index is -0.339. The zero-order valence-corrected chi connectivity index (χ0v) is 22.0. The second-order valence-corrected chi connectivity index (χ2v) is 8.91. The summed E-state index contributed by atoms with van der Waals surface area (Å²) in [6.45, 7) is 7.24. The maximum absolute atomic E-state index is 12.5. The van der Waals surface area contributed by atoms with Crippen LogP contribution in [0.2, 0.25) is 10.0 Å². The first kappa shape index (κ1) is 28.5. The Morgan fingerprint density at radius 1 is 1.09 bits per heavy atom. The van der Waals surface area contributed by atoms with Crippen molar-refractivity contribution in [1.29, 1.82) is 0 Å². The summed E-state index contributed by atoms with van der Waals surface area (Å²) in [5.41, 5.74) is 1.20. The van der Waals surface area contributed by atoms with Crippen molar-refractivity contribution in [3.05, 3.63) is 58.1 Å². The number of benzene rings is 2. The first-order valence-electron chi connectivity index (χ1n) is 11.8. The molecule has 2 aromatic carbocycles. The minimum absolute atomic E-state index is 0.256. The van der Waals surface area contributed by atoms with Crippen molar-refractivity contribution < 1.29 is 23.8 Å². The van der Waals surface area contributed by atoms with E-state index in [9.17, 15) is 9.59 Å². The van der Waals surface area contributed by atoms with Gasteiger partial charge in [0.15, 0.2) is 5.75 Å². The van der Waals surface area contributed by atoms with Gasteiger partial charge in [0.05, 0.1) is 35.6 Å². The predicted molar refractivity (Wildman–Crippen MR) is 141 cm³/mol. The van der Waals surface area contributed by atoms with Gasteiger partial charge in [-0.3, -0.25) is 9.59 Å². The third kappa shape index (κ3) is 10.2. The van der Waals surface area contributed by atoms with Gasteiger partial charge in [-0.1, -0.05) is 55.6 Å². The van der Waals surface area contributed by atoms with Crippen LogP contribution in [0.25, 0.3) is 6.08 Å².